The molecule has 2 heterocycles. The molecule has 5 heteroatoms. The van der Waals surface area contributed by atoms with Crippen molar-refractivity contribution in [3.63, 3.8) is 0 Å². The average molecular weight is 300 g/mol. The fourth-order valence-electron chi connectivity index (χ4n) is 3.02. The van der Waals surface area contributed by atoms with Gasteiger partial charge in [-0.3, -0.25) is 4.90 Å². The van der Waals surface area contributed by atoms with Crippen LogP contribution in [0.1, 0.15) is 43.2 Å². The number of hydrogen-bond acceptors (Lipinski definition) is 5. The molecular formula is C17H24N4O. The van der Waals surface area contributed by atoms with Gasteiger partial charge in [0.05, 0.1) is 6.04 Å². The van der Waals surface area contributed by atoms with Gasteiger partial charge in [-0.1, -0.05) is 18.2 Å². The van der Waals surface area contributed by atoms with E-state index < -0.39 is 0 Å². The van der Waals surface area contributed by atoms with E-state index in [2.05, 4.69) is 58.5 Å². The van der Waals surface area contributed by atoms with Gasteiger partial charge < -0.3 is 9.73 Å². The Bertz CT molecular complexity index is 617. The topological polar surface area (TPSA) is 54.2 Å². The molecule has 118 valence electrons. The van der Waals surface area contributed by atoms with Gasteiger partial charge >= 0.3 is 0 Å². The second-order valence-electron chi connectivity index (χ2n) is 6.10. The summed E-state index contributed by atoms with van der Waals surface area (Å²) < 4.78 is 5.56. The Morgan fingerprint density at radius 2 is 1.91 bits per heavy atom. The van der Waals surface area contributed by atoms with Gasteiger partial charge in [-0.25, -0.2) is 0 Å². The van der Waals surface area contributed by atoms with E-state index in [1.807, 2.05) is 6.92 Å². The van der Waals surface area contributed by atoms with Crippen LogP contribution in [0.2, 0.25) is 0 Å². The molecule has 1 N–H and O–H groups in total. The Kier molecular flexibility index (Phi) is 4.43. The maximum atomic E-state index is 5.56. The summed E-state index contributed by atoms with van der Waals surface area (Å²) in [5.41, 5.74) is 2.56. The molecule has 0 amide bonds. The lowest BCUT2D eigenvalue weighted by molar-refractivity contribution is 0.146. The second kappa shape index (κ2) is 6.48. The molecule has 1 aromatic carbocycles. The molecule has 1 fully saturated rings. The van der Waals surface area contributed by atoms with Gasteiger partial charge in [0.1, 0.15) is 0 Å². The summed E-state index contributed by atoms with van der Waals surface area (Å²) in [5.74, 6) is 1.36. The van der Waals surface area contributed by atoms with Crippen LogP contribution < -0.4 is 5.32 Å². The number of piperidine rings is 1. The largest absolute Gasteiger partial charge is 0.424 e. The Morgan fingerprint density at radius 1 is 1.18 bits per heavy atom. The third-order valence-electron chi connectivity index (χ3n) is 4.48. The SMILES string of the molecule is Cc1nnc([C@H](C)N2CCC(Nc3ccccc3C)CC2)o1. The third kappa shape index (κ3) is 3.30. The van der Waals surface area contributed by atoms with Crippen molar-refractivity contribution in [3.05, 3.63) is 41.6 Å². The zero-order chi connectivity index (χ0) is 15.5. The van der Waals surface area contributed by atoms with Crippen LogP contribution in [-0.4, -0.2) is 34.2 Å². The highest BCUT2D eigenvalue weighted by molar-refractivity contribution is 5.50. The number of benzene rings is 1. The number of nitrogens with one attached hydrogen (secondary N) is 1. The van der Waals surface area contributed by atoms with E-state index in [1.165, 1.54) is 11.3 Å². The van der Waals surface area contributed by atoms with E-state index in [0.29, 0.717) is 11.9 Å². The molecular weight excluding hydrogens is 276 g/mol. The molecule has 3 rings (SSSR count). The highest BCUT2D eigenvalue weighted by Crippen LogP contribution is 2.25. The quantitative estimate of drug-likeness (QED) is 0.938. The van der Waals surface area contributed by atoms with Gasteiger partial charge in [0.15, 0.2) is 0 Å². The highest BCUT2D eigenvalue weighted by Gasteiger charge is 2.26. The number of rotatable bonds is 4. The fraction of sp³-hybridized carbons (Fsp3) is 0.529. The van der Waals surface area contributed by atoms with Crippen LogP contribution in [0.15, 0.2) is 28.7 Å². The first-order valence-corrected chi connectivity index (χ1v) is 7.99. The van der Waals surface area contributed by atoms with Crippen molar-refractivity contribution < 1.29 is 4.42 Å². The minimum atomic E-state index is 0.195. The number of anilines is 1. The summed E-state index contributed by atoms with van der Waals surface area (Å²) in [6.45, 7) is 8.22. The average Bonchev–Trinajstić information content (AvgIpc) is 2.96. The number of aromatic nitrogens is 2. The van der Waals surface area contributed by atoms with Crippen molar-refractivity contribution in [3.8, 4) is 0 Å². The molecule has 0 bridgehead atoms. The Hall–Kier alpha value is -1.88. The van der Waals surface area contributed by atoms with E-state index >= 15 is 0 Å². The van der Waals surface area contributed by atoms with Crippen LogP contribution in [0.3, 0.4) is 0 Å². The first-order chi connectivity index (χ1) is 10.6. The van der Waals surface area contributed by atoms with Crippen LogP contribution in [0.4, 0.5) is 5.69 Å². The van der Waals surface area contributed by atoms with Crippen LogP contribution >= 0.6 is 0 Å². The number of likely N-dealkylation sites (tertiary alicyclic amines) is 1. The van der Waals surface area contributed by atoms with Gasteiger partial charge in [0.25, 0.3) is 0 Å². The van der Waals surface area contributed by atoms with E-state index in [9.17, 15) is 0 Å². The molecule has 22 heavy (non-hydrogen) atoms. The molecule has 1 aliphatic heterocycles. The molecule has 1 aliphatic rings. The summed E-state index contributed by atoms with van der Waals surface area (Å²) in [5, 5.41) is 11.7. The number of nitrogens with zero attached hydrogens (tertiary/aromatic N) is 3. The molecule has 5 nitrogen and oxygen atoms in total. The van der Waals surface area contributed by atoms with Gasteiger partial charge in [-0.15, -0.1) is 10.2 Å². The Morgan fingerprint density at radius 3 is 2.55 bits per heavy atom. The van der Waals surface area contributed by atoms with Crippen molar-refractivity contribution in [2.75, 3.05) is 18.4 Å². The maximum absolute atomic E-state index is 5.56. The molecule has 0 spiro atoms. The van der Waals surface area contributed by atoms with Crippen molar-refractivity contribution in [1.29, 1.82) is 0 Å². The Labute approximate surface area is 131 Å². The van der Waals surface area contributed by atoms with Gasteiger partial charge in [0, 0.05) is 31.7 Å². The van der Waals surface area contributed by atoms with E-state index in [4.69, 9.17) is 4.42 Å². The smallest absolute Gasteiger partial charge is 0.233 e. The van der Waals surface area contributed by atoms with Crippen molar-refractivity contribution in [2.24, 2.45) is 0 Å². The molecule has 1 atom stereocenters. The summed E-state index contributed by atoms with van der Waals surface area (Å²) >= 11 is 0. The summed E-state index contributed by atoms with van der Waals surface area (Å²) in [6.07, 6.45) is 2.26. The first-order valence-electron chi connectivity index (χ1n) is 7.99. The minimum Gasteiger partial charge on any atom is -0.424 e. The fourth-order valence-corrected chi connectivity index (χ4v) is 3.02. The monoisotopic (exact) mass is 300 g/mol. The third-order valence-corrected chi connectivity index (χ3v) is 4.48. The molecule has 2 aromatic rings. The number of para-hydroxylation sites is 1. The minimum absolute atomic E-state index is 0.195. The van der Waals surface area contributed by atoms with Crippen LogP contribution in [0.5, 0.6) is 0 Å². The lowest BCUT2D eigenvalue weighted by Crippen LogP contribution is -2.40. The lowest BCUT2D eigenvalue weighted by atomic mass is 10.0. The number of hydrogen-bond donors (Lipinski definition) is 1. The van der Waals surface area contributed by atoms with E-state index in [-0.39, 0.29) is 6.04 Å². The predicted molar refractivity (Wildman–Crippen MR) is 86.8 cm³/mol. The van der Waals surface area contributed by atoms with E-state index in [0.717, 1.165) is 31.8 Å². The Balaban J connectivity index is 1.55. The van der Waals surface area contributed by atoms with Gasteiger partial charge in [-0.05, 0) is 38.3 Å². The summed E-state index contributed by atoms with van der Waals surface area (Å²) in [4.78, 5) is 2.42. The maximum Gasteiger partial charge on any atom is 0.233 e. The van der Waals surface area contributed by atoms with Crippen molar-refractivity contribution in [2.45, 2.75) is 45.7 Å². The molecule has 1 saturated heterocycles. The predicted octanol–water partition coefficient (Wildman–Crippen LogP) is 3.32. The molecule has 0 aliphatic carbocycles. The summed E-state index contributed by atoms with van der Waals surface area (Å²) in [6, 6.07) is 9.21. The van der Waals surface area contributed by atoms with Crippen LogP contribution in [0.25, 0.3) is 0 Å². The lowest BCUT2D eigenvalue weighted by Gasteiger charge is -2.35. The van der Waals surface area contributed by atoms with Crippen LogP contribution in [-0.2, 0) is 0 Å². The zero-order valence-electron chi connectivity index (χ0n) is 13.5. The van der Waals surface area contributed by atoms with Crippen molar-refractivity contribution in [1.82, 2.24) is 15.1 Å². The van der Waals surface area contributed by atoms with E-state index in [1.54, 1.807) is 0 Å². The van der Waals surface area contributed by atoms with Crippen LogP contribution in [0, 0.1) is 13.8 Å². The normalized spacial score (nSPS) is 18.3. The standard InChI is InChI=1S/C17H24N4O/c1-12-6-4-5-7-16(12)18-15-8-10-21(11-9-15)13(2)17-20-19-14(3)22-17/h4-7,13,15,18H,8-11H2,1-3H3/t13-/m0/s1. The molecule has 0 saturated carbocycles. The van der Waals surface area contributed by atoms with Crippen molar-refractivity contribution >= 4 is 5.69 Å². The molecule has 1 aromatic heterocycles. The van der Waals surface area contributed by atoms with Gasteiger partial charge in [0.2, 0.25) is 11.8 Å². The highest BCUT2D eigenvalue weighted by atomic mass is 16.4. The van der Waals surface area contributed by atoms with Gasteiger partial charge in [-0.2, -0.15) is 0 Å². The molecule has 0 radical (unpaired) electrons. The second-order valence-corrected chi connectivity index (χ2v) is 6.10. The zero-order valence-corrected chi connectivity index (χ0v) is 13.5. The summed E-state index contributed by atoms with van der Waals surface area (Å²) in [7, 11) is 0. The molecule has 0 unspecified atom stereocenters. The first kappa shape index (κ1) is 15.0. The number of aryl methyl sites for hydroxylation is 2.